The van der Waals surface area contributed by atoms with Gasteiger partial charge in [0.15, 0.2) is 4.67 Å². The summed E-state index contributed by atoms with van der Waals surface area (Å²) in [6.45, 7) is 1.77. The molecule has 1 saturated heterocycles. The van der Waals surface area contributed by atoms with Crippen LogP contribution in [0.2, 0.25) is 0 Å². The van der Waals surface area contributed by atoms with Gasteiger partial charge in [-0.2, -0.15) is 0 Å². The molecular formula is C10H13Br2NO2. The second-order valence-electron chi connectivity index (χ2n) is 3.67. The molecule has 2 atom stereocenters. The van der Waals surface area contributed by atoms with Crippen molar-refractivity contribution < 1.29 is 9.15 Å². The van der Waals surface area contributed by atoms with Crippen molar-refractivity contribution in [3.8, 4) is 0 Å². The van der Waals surface area contributed by atoms with Crippen molar-refractivity contribution in [1.82, 2.24) is 5.32 Å². The zero-order valence-electron chi connectivity index (χ0n) is 8.43. The number of hydrogen-bond acceptors (Lipinski definition) is 3. The van der Waals surface area contributed by atoms with Crippen LogP contribution in [0.3, 0.4) is 0 Å². The molecule has 15 heavy (non-hydrogen) atoms. The smallest absolute Gasteiger partial charge is 0.183 e. The van der Waals surface area contributed by atoms with Gasteiger partial charge < -0.3 is 14.5 Å². The van der Waals surface area contributed by atoms with Crippen molar-refractivity contribution in [3.63, 3.8) is 0 Å². The van der Waals surface area contributed by atoms with Crippen LogP contribution in [0.15, 0.2) is 19.6 Å². The topological polar surface area (TPSA) is 34.4 Å². The van der Waals surface area contributed by atoms with Gasteiger partial charge in [0.2, 0.25) is 0 Å². The van der Waals surface area contributed by atoms with Crippen molar-refractivity contribution in [2.75, 3.05) is 20.2 Å². The molecule has 2 rings (SSSR count). The van der Waals surface area contributed by atoms with Crippen molar-refractivity contribution in [2.24, 2.45) is 5.92 Å². The van der Waals surface area contributed by atoms with Crippen molar-refractivity contribution >= 4 is 31.9 Å². The van der Waals surface area contributed by atoms with Crippen LogP contribution in [0.4, 0.5) is 0 Å². The normalized spacial score (nSPS) is 26.1. The Morgan fingerprint density at radius 3 is 2.93 bits per heavy atom. The molecule has 1 fully saturated rings. The number of furan rings is 1. The molecule has 2 unspecified atom stereocenters. The molecule has 2 heterocycles. The van der Waals surface area contributed by atoms with Crippen LogP contribution >= 0.6 is 31.9 Å². The molecule has 0 aliphatic carbocycles. The molecular weight excluding hydrogens is 326 g/mol. The number of ether oxygens (including phenoxy) is 1. The number of rotatable bonds is 3. The van der Waals surface area contributed by atoms with E-state index in [2.05, 4.69) is 37.2 Å². The Hall–Kier alpha value is 0.160. The summed E-state index contributed by atoms with van der Waals surface area (Å²) < 4.78 is 13.0. The zero-order valence-corrected chi connectivity index (χ0v) is 11.6. The minimum Gasteiger partial charge on any atom is -0.450 e. The van der Waals surface area contributed by atoms with Crippen LogP contribution in [0.5, 0.6) is 0 Å². The fourth-order valence-corrected chi connectivity index (χ4v) is 2.53. The van der Waals surface area contributed by atoms with Crippen molar-refractivity contribution in [2.45, 2.75) is 12.5 Å². The maximum absolute atomic E-state index is 5.70. The average Bonchev–Trinajstić information content (AvgIpc) is 2.76. The van der Waals surface area contributed by atoms with Gasteiger partial charge in [-0.1, -0.05) is 0 Å². The summed E-state index contributed by atoms with van der Waals surface area (Å²) in [5.74, 6) is 1.39. The molecule has 0 radical (unpaired) electrons. The molecule has 0 bridgehead atoms. The van der Waals surface area contributed by atoms with Gasteiger partial charge in [0.25, 0.3) is 0 Å². The number of hydrogen-bond donors (Lipinski definition) is 1. The van der Waals surface area contributed by atoms with Crippen LogP contribution < -0.4 is 5.32 Å². The lowest BCUT2D eigenvalue weighted by atomic mass is 10.00. The van der Waals surface area contributed by atoms with Crippen LogP contribution in [0.1, 0.15) is 18.3 Å². The summed E-state index contributed by atoms with van der Waals surface area (Å²) in [5.41, 5.74) is 0. The third kappa shape index (κ3) is 2.46. The molecule has 5 heteroatoms. The Bertz CT molecular complexity index is 321. The van der Waals surface area contributed by atoms with Crippen LogP contribution in [0, 0.1) is 5.92 Å². The van der Waals surface area contributed by atoms with E-state index in [1.165, 1.54) is 0 Å². The highest BCUT2D eigenvalue weighted by Crippen LogP contribution is 2.38. The largest absolute Gasteiger partial charge is 0.450 e. The molecule has 84 valence electrons. The summed E-state index contributed by atoms with van der Waals surface area (Å²) in [4.78, 5) is 0. The molecule has 1 aromatic heterocycles. The quantitative estimate of drug-likeness (QED) is 0.919. The predicted molar refractivity (Wildman–Crippen MR) is 64.8 cm³/mol. The standard InChI is InChI=1S/C10H13Br2NO2/c1-13-5-6-2-3-14-9(6)8-4-7(11)10(12)15-8/h4,6,9,13H,2-3,5H2,1H3. The Balaban J connectivity index is 2.15. The van der Waals surface area contributed by atoms with E-state index in [4.69, 9.17) is 9.15 Å². The molecule has 0 amide bonds. The predicted octanol–water partition coefficient (Wildman–Crippen LogP) is 3.10. The monoisotopic (exact) mass is 337 g/mol. The van der Waals surface area contributed by atoms with Crippen LogP contribution in [-0.2, 0) is 4.74 Å². The molecule has 0 spiro atoms. The van der Waals surface area contributed by atoms with E-state index < -0.39 is 0 Å². The third-order valence-electron chi connectivity index (χ3n) is 2.63. The third-order valence-corrected chi connectivity index (χ3v) is 4.34. The van der Waals surface area contributed by atoms with Crippen molar-refractivity contribution in [3.05, 3.63) is 21.0 Å². The maximum Gasteiger partial charge on any atom is 0.183 e. The summed E-state index contributed by atoms with van der Waals surface area (Å²) in [5, 5.41) is 3.19. The van der Waals surface area contributed by atoms with Gasteiger partial charge in [0, 0.05) is 19.1 Å². The highest BCUT2D eigenvalue weighted by molar-refractivity contribution is 9.13. The fraction of sp³-hybridized carbons (Fsp3) is 0.600. The van der Waals surface area contributed by atoms with E-state index in [-0.39, 0.29) is 6.10 Å². The SMILES string of the molecule is CNCC1CCOC1c1cc(Br)c(Br)o1. The van der Waals surface area contributed by atoms with E-state index in [9.17, 15) is 0 Å². The first-order chi connectivity index (χ1) is 7.22. The van der Waals surface area contributed by atoms with Crippen molar-refractivity contribution in [1.29, 1.82) is 0 Å². The van der Waals surface area contributed by atoms with Gasteiger partial charge in [-0.25, -0.2) is 0 Å². The Kier molecular flexibility index (Phi) is 3.88. The molecule has 1 N–H and O–H groups in total. The first-order valence-electron chi connectivity index (χ1n) is 4.93. The average molecular weight is 339 g/mol. The van der Waals surface area contributed by atoms with E-state index >= 15 is 0 Å². The summed E-state index contributed by atoms with van der Waals surface area (Å²) in [6.07, 6.45) is 1.17. The second-order valence-corrected chi connectivity index (χ2v) is 5.24. The fourth-order valence-electron chi connectivity index (χ4n) is 1.92. The molecule has 1 aromatic rings. The van der Waals surface area contributed by atoms with Gasteiger partial charge in [0.05, 0.1) is 4.47 Å². The van der Waals surface area contributed by atoms with Gasteiger partial charge in [-0.3, -0.25) is 0 Å². The van der Waals surface area contributed by atoms with E-state index in [1.54, 1.807) is 0 Å². The van der Waals surface area contributed by atoms with Gasteiger partial charge in [-0.15, -0.1) is 0 Å². The number of nitrogens with one attached hydrogen (secondary N) is 1. The lowest BCUT2D eigenvalue weighted by Crippen LogP contribution is -2.21. The minimum atomic E-state index is 0.0834. The Labute approximate surface area is 106 Å². The Morgan fingerprint density at radius 2 is 2.33 bits per heavy atom. The summed E-state index contributed by atoms with van der Waals surface area (Å²) >= 11 is 6.75. The first-order valence-corrected chi connectivity index (χ1v) is 6.52. The Morgan fingerprint density at radius 1 is 1.53 bits per heavy atom. The zero-order chi connectivity index (χ0) is 10.8. The van der Waals surface area contributed by atoms with Gasteiger partial charge in [-0.05, 0) is 51.4 Å². The summed E-state index contributed by atoms with van der Waals surface area (Å²) in [7, 11) is 1.96. The molecule has 0 aromatic carbocycles. The number of halogens is 2. The second kappa shape index (κ2) is 4.99. The van der Waals surface area contributed by atoms with E-state index in [1.807, 2.05) is 13.1 Å². The van der Waals surface area contributed by atoms with E-state index in [0.717, 1.165) is 34.5 Å². The van der Waals surface area contributed by atoms with E-state index in [0.29, 0.717) is 5.92 Å². The molecule has 0 saturated carbocycles. The highest BCUT2D eigenvalue weighted by Gasteiger charge is 2.32. The van der Waals surface area contributed by atoms with Gasteiger partial charge in [0.1, 0.15) is 11.9 Å². The van der Waals surface area contributed by atoms with Gasteiger partial charge >= 0.3 is 0 Å². The maximum atomic E-state index is 5.70. The minimum absolute atomic E-state index is 0.0834. The first kappa shape index (κ1) is 11.6. The highest BCUT2D eigenvalue weighted by atomic mass is 79.9. The molecule has 1 aliphatic rings. The molecule has 3 nitrogen and oxygen atoms in total. The molecule has 1 aliphatic heterocycles. The lowest BCUT2D eigenvalue weighted by molar-refractivity contribution is 0.0718. The van der Waals surface area contributed by atoms with Crippen LogP contribution in [0.25, 0.3) is 0 Å². The van der Waals surface area contributed by atoms with Crippen LogP contribution in [-0.4, -0.2) is 20.2 Å². The lowest BCUT2D eigenvalue weighted by Gasteiger charge is -2.15. The summed E-state index contributed by atoms with van der Waals surface area (Å²) in [6, 6.07) is 1.97.